The van der Waals surface area contributed by atoms with Crippen molar-refractivity contribution >= 4 is 5.97 Å². The zero-order valence-corrected chi connectivity index (χ0v) is 11.2. The Labute approximate surface area is 108 Å². The van der Waals surface area contributed by atoms with Crippen LogP contribution in [0.5, 0.6) is 0 Å². The van der Waals surface area contributed by atoms with E-state index < -0.39 is 12.0 Å². The number of carboxylic acid groups (broad SMARTS) is 1. The minimum Gasteiger partial charge on any atom is -0.480 e. The first-order valence-electron chi connectivity index (χ1n) is 6.14. The molecule has 0 fully saturated rings. The summed E-state index contributed by atoms with van der Waals surface area (Å²) in [4.78, 5) is 13.5. The van der Waals surface area contributed by atoms with E-state index in [4.69, 9.17) is 4.74 Å². The van der Waals surface area contributed by atoms with Gasteiger partial charge in [0.2, 0.25) is 0 Å². The molecule has 0 aromatic heterocycles. The molecule has 1 rings (SSSR count). The molecule has 1 aromatic rings. The molecule has 0 aliphatic heterocycles. The lowest BCUT2D eigenvalue weighted by Crippen LogP contribution is -2.42. The van der Waals surface area contributed by atoms with Gasteiger partial charge >= 0.3 is 5.97 Å². The molecular formula is C14H21NO3. The third kappa shape index (κ3) is 3.55. The second kappa shape index (κ2) is 7.13. The van der Waals surface area contributed by atoms with Crippen molar-refractivity contribution in [1.82, 2.24) is 4.90 Å². The third-order valence-electron chi connectivity index (χ3n) is 3.02. The highest BCUT2D eigenvalue weighted by Gasteiger charge is 2.29. The monoisotopic (exact) mass is 251 g/mol. The Morgan fingerprint density at radius 1 is 1.39 bits per heavy atom. The molecule has 0 bridgehead atoms. The standard InChI is InChI=1S/C14H21NO3/c1-4-15(11(2)10-18-3)13(14(16)17)12-8-6-5-7-9-12/h5-9,11,13H,4,10H2,1-3H3,(H,16,17). The van der Waals surface area contributed by atoms with Crippen molar-refractivity contribution in [2.75, 3.05) is 20.3 Å². The van der Waals surface area contributed by atoms with Gasteiger partial charge in [-0.1, -0.05) is 37.3 Å². The van der Waals surface area contributed by atoms with Gasteiger partial charge in [0.15, 0.2) is 0 Å². The van der Waals surface area contributed by atoms with Crippen molar-refractivity contribution in [3.63, 3.8) is 0 Å². The number of benzene rings is 1. The fraction of sp³-hybridized carbons (Fsp3) is 0.500. The molecule has 0 amide bonds. The molecule has 0 saturated carbocycles. The largest absolute Gasteiger partial charge is 0.480 e. The summed E-state index contributed by atoms with van der Waals surface area (Å²) in [6, 6.07) is 8.74. The van der Waals surface area contributed by atoms with E-state index in [0.29, 0.717) is 13.2 Å². The van der Waals surface area contributed by atoms with Gasteiger partial charge in [-0.05, 0) is 19.0 Å². The van der Waals surface area contributed by atoms with Gasteiger partial charge in [0.1, 0.15) is 6.04 Å². The maximum absolute atomic E-state index is 11.5. The van der Waals surface area contributed by atoms with Crippen molar-refractivity contribution in [2.45, 2.75) is 25.9 Å². The van der Waals surface area contributed by atoms with Crippen LogP contribution in [0, 0.1) is 0 Å². The van der Waals surface area contributed by atoms with E-state index in [9.17, 15) is 9.90 Å². The van der Waals surface area contributed by atoms with Gasteiger partial charge in [0, 0.05) is 13.2 Å². The number of rotatable bonds is 7. The fourth-order valence-electron chi connectivity index (χ4n) is 2.20. The molecule has 2 atom stereocenters. The minimum absolute atomic E-state index is 0.0568. The van der Waals surface area contributed by atoms with Gasteiger partial charge in [0.25, 0.3) is 0 Å². The Morgan fingerprint density at radius 3 is 2.44 bits per heavy atom. The van der Waals surface area contributed by atoms with Gasteiger partial charge < -0.3 is 9.84 Å². The van der Waals surface area contributed by atoms with Gasteiger partial charge in [-0.2, -0.15) is 0 Å². The number of hydrogen-bond acceptors (Lipinski definition) is 3. The van der Waals surface area contributed by atoms with Crippen LogP contribution in [0.15, 0.2) is 30.3 Å². The topological polar surface area (TPSA) is 49.8 Å². The Morgan fingerprint density at radius 2 is 2.00 bits per heavy atom. The smallest absolute Gasteiger partial charge is 0.325 e. The number of carbonyl (C=O) groups is 1. The van der Waals surface area contributed by atoms with Crippen molar-refractivity contribution in [3.8, 4) is 0 Å². The van der Waals surface area contributed by atoms with Crippen molar-refractivity contribution < 1.29 is 14.6 Å². The molecule has 0 saturated heterocycles. The highest BCUT2D eigenvalue weighted by molar-refractivity contribution is 5.75. The maximum Gasteiger partial charge on any atom is 0.325 e. The number of hydrogen-bond donors (Lipinski definition) is 1. The average molecular weight is 251 g/mol. The molecule has 0 aliphatic carbocycles. The van der Waals surface area contributed by atoms with E-state index in [1.807, 2.05) is 49.1 Å². The van der Waals surface area contributed by atoms with Gasteiger partial charge in [-0.25, -0.2) is 0 Å². The fourth-order valence-corrected chi connectivity index (χ4v) is 2.20. The first kappa shape index (κ1) is 14.7. The lowest BCUT2D eigenvalue weighted by molar-refractivity contribution is -0.145. The lowest BCUT2D eigenvalue weighted by Gasteiger charge is -2.33. The summed E-state index contributed by atoms with van der Waals surface area (Å²) in [5.74, 6) is -0.828. The van der Waals surface area contributed by atoms with Crippen molar-refractivity contribution in [3.05, 3.63) is 35.9 Å². The summed E-state index contributed by atoms with van der Waals surface area (Å²) in [7, 11) is 1.63. The molecule has 0 spiro atoms. The number of likely N-dealkylation sites (N-methyl/N-ethyl adjacent to an activating group) is 1. The first-order valence-corrected chi connectivity index (χ1v) is 6.14. The summed E-state index contributed by atoms with van der Waals surface area (Å²) >= 11 is 0. The van der Waals surface area contributed by atoms with E-state index in [1.54, 1.807) is 7.11 Å². The Kier molecular flexibility index (Phi) is 5.82. The van der Waals surface area contributed by atoms with Crippen LogP contribution >= 0.6 is 0 Å². The van der Waals surface area contributed by atoms with Crippen LogP contribution in [0.2, 0.25) is 0 Å². The number of ether oxygens (including phenoxy) is 1. The van der Waals surface area contributed by atoms with Crippen LogP contribution in [0.1, 0.15) is 25.5 Å². The third-order valence-corrected chi connectivity index (χ3v) is 3.02. The van der Waals surface area contributed by atoms with Gasteiger partial charge in [-0.3, -0.25) is 9.69 Å². The van der Waals surface area contributed by atoms with E-state index in [1.165, 1.54) is 0 Å². The van der Waals surface area contributed by atoms with Crippen LogP contribution in [-0.2, 0) is 9.53 Å². The summed E-state index contributed by atoms with van der Waals surface area (Å²) in [5.41, 5.74) is 0.801. The molecule has 1 aromatic carbocycles. The molecule has 4 heteroatoms. The Balaban J connectivity index is 2.99. The zero-order valence-electron chi connectivity index (χ0n) is 11.2. The zero-order chi connectivity index (χ0) is 13.5. The number of nitrogens with zero attached hydrogens (tertiary/aromatic N) is 1. The maximum atomic E-state index is 11.5. The normalized spacial score (nSPS) is 14.4. The van der Waals surface area contributed by atoms with Crippen molar-refractivity contribution in [2.24, 2.45) is 0 Å². The Hall–Kier alpha value is -1.39. The molecule has 4 nitrogen and oxygen atoms in total. The molecule has 0 aliphatic rings. The predicted octanol–water partition coefficient (Wildman–Crippen LogP) is 2.17. The van der Waals surface area contributed by atoms with Crippen molar-refractivity contribution in [1.29, 1.82) is 0 Å². The molecule has 1 N–H and O–H groups in total. The average Bonchev–Trinajstić information content (AvgIpc) is 2.36. The molecular weight excluding hydrogens is 230 g/mol. The Bertz CT molecular complexity index is 367. The van der Waals surface area contributed by atoms with E-state index in [0.717, 1.165) is 5.56 Å². The van der Waals surface area contributed by atoms with E-state index in [2.05, 4.69) is 0 Å². The second-order valence-electron chi connectivity index (χ2n) is 4.29. The first-order chi connectivity index (χ1) is 8.61. The highest BCUT2D eigenvalue weighted by atomic mass is 16.5. The predicted molar refractivity (Wildman–Crippen MR) is 70.5 cm³/mol. The van der Waals surface area contributed by atoms with Crippen LogP contribution in [0.25, 0.3) is 0 Å². The SMILES string of the molecule is CCN(C(C)COC)C(C(=O)O)c1ccccc1. The number of methoxy groups -OCH3 is 1. The summed E-state index contributed by atoms with van der Waals surface area (Å²) in [6.45, 7) is 5.12. The second-order valence-corrected chi connectivity index (χ2v) is 4.29. The van der Waals surface area contributed by atoms with Gasteiger partial charge in [0.05, 0.1) is 6.61 Å². The summed E-state index contributed by atoms with van der Waals surface area (Å²) in [5, 5.41) is 9.46. The summed E-state index contributed by atoms with van der Waals surface area (Å²) in [6.07, 6.45) is 0. The molecule has 100 valence electrons. The van der Waals surface area contributed by atoms with E-state index in [-0.39, 0.29) is 6.04 Å². The quantitative estimate of drug-likeness (QED) is 0.807. The van der Waals surface area contributed by atoms with Gasteiger partial charge in [-0.15, -0.1) is 0 Å². The summed E-state index contributed by atoms with van der Waals surface area (Å²) < 4.78 is 5.12. The number of carboxylic acids is 1. The van der Waals surface area contributed by atoms with Crippen LogP contribution in [0.3, 0.4) is 0 Å². The lowest BCUT2D eigenvalue weighted by atomic mass is 10.0. The van der Waals surface area contributed by atoms with Crippen LogP contribution < -0.4 is 0 Å². The van der Waals surface area contributed by atoms with Crippen LogP contribution in [0.4, 0.5) is 0 Å². The minimum atomic E-state index is -0.828. The molecule has 0 radical (unpaired) electrons. The van der Waals surface area contributed by atoms with Crippen LogP contribution in [-0.4, -0.2) is 42.3 Å². The molecule has 18 heavy (non-hydrogen) atoms. The number of aliphatic carboxylic acids is 1. The van der Waals surface area contributed by atoms with E-state index >= 15 is 0 Å². The molecule has 0 heterocycles. The highest BCUT2D eigenvalue weighted by Crippen LogP contribution is 2.23. The molecule has 2 unspecified atom stereocenters.